The maximum atomic E-state index is 12.9. The lowest BCUT2D eigenvalue weighted by Gasteiger charge is -2.34. The van der Waals surface area contributed by atoms with Crippen LogP contribution in [0.5, 0.6) is 0 Å². The Hall–Kier alpha value is -2.14. The lowest BCUT2D eigenvalue weighted by Crippen LogP contribution is -2.45. The Bertz CT molecular complexity index is 620. The molecule has 1 heterocycles. The zero-order chi connectivity index (χ0) is 19.6. The Labute approximate surface area is 163 Å². The van der Waals surface area contributed by atoms with Crippen molar-refractivity contribution in [3.63, 3.8) is 0 Å². The van der Waals surface area contributed by atoms with Crippen LogP contribution in [-0.4, -0.2) is 61.5 Å². The summed E-state index contributed by atoms with van der Waals surface area (Å²) in [6.45, 7) is 7.44. The Balaban J connectivity index is 1.86. The molecule has 0 atom stereocenters. The van der Waals surface area contributed by atoms with Crippen LogP contribution in [-0.2, 0) is 14.3 Å². The van der Waals surface area contributed by atoms with Crippen LogP contribution in [0.15, 0.2) is 36.4 Å². The third-order valence-corrected chi connectivity index (χ3v) is 4.84. The number of hydrogen-bond donors (Lipinski definition) is 0. The highest BCUT2D eigenvalue weighted by Gasteiger charge is 2.29. The molecule has 0 aromatic heterocycles. The van der Waals surface area contributed by atoms with Gasteiger partial charge >= 0.3 is 0 Å². The molecule has 1 aliphatic heterocycles. The number of piperidine rings is 1. The van der Waals surface area contributed by atoms with Gasteiger partial charge < -0.3 is 14.5 Å². The van der Waals surface area contributed by atoms with E-state index >= 15 is 0 Å². The topological polar surface area (TPSA) is 49.9 Å². The van der Waals surface area contributed by atoms with E-state index in [1.165, 1.54) is 0 Å². The monoisotopic (exact) mass is 372 g/mol. The molecule has 0 N–H and O–H groups in total. The van der Waals surface area contributed by atoms with Crippen LogP contribution in [0.1, 0.15) is 32.3 Å². The number of ether oxygens (including phenoxy) is 1. The van der Waals surface area contributed by atoms with Gasteiger partial charge in [-0.3, -0.25) is 9.59 Å². The summed E-state index contributed by atoms with van der Waals surface area (Å²) in [4.78, 5) is 29.0. The molecular formula is C22H32N2O3. The second-order valence-corrected chi connectivity index (χ2v) is 7.51. The lowest BCUT2D eigenvalue weighted by molar-refractivity contribution is -0.140. The van der Waals surface area contributed by atoms with Gasteiger partial charge in [-0.05, 0) is 30.4 Å². The number of carbonyl (C=O) groups excluding carboxylic acids is 2. The summed E-state index contributed by atoms with van der Waals surface area (Å²) in [7, 11) is 1.66. The van der Waals surface area contributed by atoms with E-state index in [1.54, 1.807) is 13.2 Å². The van der Waals surface area contributed by atoms with Crippen molar-refractivity contribution in [2.75, 3.05) is 39.9 Å². The summed E-state index contributed by atoms with van der Waals surface area (Å²) in [5.74, 6) is 0.647. The molecule has 0 aliphatic carbocycles. The van der Waals surface area contributed by atoms with Gasteiger partial charge in [-0.2, -0.15) is 0 Å². The van der Waals surface area contributed by atoms with Crippen LogP contribution >= 0.6 is 0 Å². The molecule has 0 radical (unpaired) electrons. The van der Waals surface area contributed by atoms with Gasteiger partial charge in [0.25, 0.3) is 0 Å². The molecule has 1 fully saturated rings. The molecule has 0 unspecified atom stereocenters. The average Bonchev–Trinajstić information content (AvgIpc) is 2.69. The van der Waals surface area contributed by atoms with E-state index in [4.69, 9.17) is 4.74 Å². The van der Waals surface area contributed by atoms with Crippen molar-refractivity contribution in [1.29, 1.82) is 0 Å². The van der Waals surface area contributed by atoms with Gasteiger partial charge in [-0.15, -0.1) is 0 Å². The molecule has 148 valence electrons. The minimum Gasteiger partial charge on any atom is -0.383 e. The maximum absolute atomic E-state index is 12.9. The van der Waals surface area contributed by atoms with E-state index in [0.717, 1.165) is 24.9 Å². The molecule has 1 aromatic carbocycles. The van der Waals surface area contributed by atoms with Crippen molar-refractivity contribution in [1.82, 2.24) is 9.80 Å². The SMILES string of the molecule is COCCN(CC(C)C)C(=O)C1CCN(C(=O)/C=C/c2ccccc2)CC1. The Morgan fingerprint density at radius 2 is 1.89 bits per heavy atom. The maximum Gasteiger partial charge on any atom is 0.246 e. The second kappa shape index (κ2) is 10.9. The number of nitrogens with zero attached hydrogens (tertiary/aromatic N) is 2. The van der Waals surface area contributed by atoms with Crippen molar-refractivity contribution < 1.29 is 14.3 Å². The number of methoxy groups -OCH3 is 1. The first-order valence-corrected chi connectivity index (χ1v) is 9.81. The first kappa shape index (κ1) is 21.2. The second-order valence-electron chi connectivity index (χ2n) is 7.51. The van der Waals surface area contributed by atoms with Gasteiger partial charge in [0, 0.05) is 45.3 Å². The minimum absolute atomic E-state index is 0.00255. The first-order chi connectivity index (χ1) is 13.0. The lowest BCUT2D eigenvalue weighted by atomic mass is 9.94. The molecular weight excluding hydrogens is 340 g/mol. The van der Waals surface area contributed by atoms with Gasteiger partial charge in [-0.1, -0.05) is 44.2 Å². The number of rotatable bonds is 8. The molecule has 5 nitrogen and oxygen atoms in total. The third kappa shape index (κ3) is 6.83. The van der Waals surface area contributed by atoms with Crippen LogP contribution in [0.25, 0.3) is 6.08 Å². The van der Waals surface area contributed by atoms with Crippen LogP contribution in [0.4, 0.5) is 0 Å². The molecule has 5 heteroatoms. The fourth-order valence-electron chi connectivity index (χ4n) is 3.38. The Morgan fingerprint density at radius 1 is 1.22 bits per heavy atom. The van der Waals surface area contributed by atoms with Crippen molar-refractivity contribution in [3.8, 4) is 0 Å². The molecule has 27 heavy (non-hydrogen) atoms. The summed E-state index contributed by atoms with van der Waals surface area (Å²) in [5, 5.41) is 0. The summed E-state index contributed by atoms with van der Waals surface area (Å²) in [5.41, 5.74) is 1.01. The van der Waals surface area contributed by atoms with E-state index < -0.39 is 0 Å². The predicted molar refractivity (Wildman–Crippen MR) is 108 cm³/mol. The summed E-state index contributed by atoms with van der Waals surface area (Å²) >= 11 is 0. The predicted octanol–water partition coefficient (Wildman–Crippen LogP) is 3.07. The highest BCUT2D eigenvalue weighted by atomic mass is 16.5. The highest BCUT2D eigenvalue weighted by molar-refractivity contribution is 5.92. The molecule has 0 spiro atoms. The smallest absolute Gasteiger partial charge is 0.246 e. The Morgan fingerprint density at radius 3 is 2.48 bits per heavy atom. The summed E-state index contributed by atoms with van der Waals surface area (Å²) < 4.78 is 5.15. The van der Waals surface area contributed by atoms with Crippen LogP contribution < -0.4 is 0 Å². The van der Waals surface area contributed by atoms with Crippen LogP contribution in [0.3, 0.4) is 0 Å². The van der Waals surface area contributed by atoms with Crippen LogP contribution in [0, 0.1) is 11.8 Å². The number of amides is 2. The van der Waals surface area contributed by atoms with Gasteiger partial charge in [-0.25, -0.2) is 0 Å². The van der Waals surface area contributed by atoms with Gasteiger partial charge in [0.1, 0.15) is 0 Å². The van der Waals surface area contributed by atoms with Crippen molar-refractivity contribution >= 4 is 17.9 Å². The van der Waals surface area contributed by atoms with Gasteiger partial charge in [0.05, 0.1) is 6.61 Å². The fraction of sp³-hybridized carbons (Fsp3) is 0.545. The first-order valence-electron chi connectivity index (χ1n) is 9.81. The quantitative estimate of drug-likeness (QED) is 0.659. The van der Waals surface area contributed by atoms with E-state index in [-0.39, 0.29) is 17.7 Å². The van der Waals surface area contributed by atoms with Crippen molar-refractivity contribution in [2.45, 2.75) is 26.7 Å². The Kier molecular flexibility index (Phi) is 8.52. The normalized spacial score (nSPS) is 15.5. The van der Waals surface area contributed by atoms with E-state index in [9.17, 15) is 9.59 Å². The molecule has 1 saturated heterocycles. The number of hydrogen-bond acceptors (Lipinski definition) is 3. The minimum atomic E-state index is 0.00255. The zero-order valence-corrected chi connectivity index (χ0v) is 16.8. The molecule has 0 saturated carbocycles. The molecule has 1 aliphatic rings. The number of carbonyl (C=O) groups is 2. The molecule has 2 rings (SSSR count). The summed E-state index contributed by atoms with van der Waals surface area (Å²) in [6.07, 6.45) is 4.92. The van der Waals surface area contributed by atoms with Gasteiger partial charge in [0.2, 0.25) is 11.8 Å². The standard InChI is InChI=1S/C22H32N2O3/c1-18(2)17-24(15-16-27-3)22(26)20-11-13-23(14-12-20)21(25)10-9-19-7-5-4-6-8-19/h4-10,18,20H,11-17H2,1-3H3/b10-9+. The van der Waals surface area contributed by atoms with Crippen LogP contribution in [0.2, 0.25) is 0 Å². The third-order valence-electron chi connectivity index (χ3n) is 4.84. The van der Waals surface area contributed by atoms with E-state index in [2.05, 4.69) is 13.8 Å². The molecule has 0 bridgehead atoms. The van der Waals surface area contributed by atoms with Crippen molar-refractivity contribution in [2.24, 2.45) is 11.8 Å². The van der Waals surface area contributed by atoms with E-state index in [0.29, 0.717) is 32.2 Å². The highest BCUT2D eigenvalue weighted by Crippen LogP contribution is 2.21. The number of benzene rings is 1. The zero-order valence-electron chi connectivity index (χ0n) is 16.8. The number of likely N-dealkylation sites (tertiary alicyclic amines) is 1. The van der Waals surface area contributed by atoms with Crippen molar-refractivity contribution in [3.05, 3.63) is 42.0 Å². The molecule has 2 amide bonds. The van der Waals surface area contributed by atoms with E-state index in [1.807, 2.05) is 46.2 Å². The largest absolute Gasteiger partial charge is 0.383 e. The molecule has 1 aromatic rings. The average molecular weight is 373 g/mol. The van der Waals surface area contributed by atoms with Gasteiger partial charge in [0.15, 0.2) is 0 Å². The fourth-order valence-corrected chi connectivity index (χ4v) is 3.38. The summed E-state index contributed by atoms with van der Waals surface area (Å²) in [6, 6.07) is 9.80.